The van der Waals surface area contributed by atoms with Gasteiger partial charge >= 0.3 is 0 Å². The topological polar surface area (TPSA) is 69.7 Å². The maximum absolute atomic E-state index is 12.8. The van der Waals surface area contributed by atoms with Crippen molar-refractivity contribution in [1.82, 2.24) is 9.62 Å². The summed E-state index contributed by atoms with van der Waals surface area (Å²) < 4.78 is 28.3. The summed E-state index contributed by atoms with van der Waals surface area (Å²) in [6.45, 7) is 6.06. The number of hydrogen-bond acceptors (Lipinski definition) is 4. The monoisotopic (exact) mass is 441 g/mol. The summed E-state index contributed by atoms with van der Waals surface area (Å²) >= 11 is 0. The first-order valence-corrected chi connectivity index (χ1v) is 12.6. The predicted octanol–water partition coefficient (Wildman–Crippen LogP) is 3.59. The van der Waals surface area contributed by atoms with E-state index in [-0.39, 0.29) is 17.3 Å². The van der Waals surface area contributed by atoms with Gasteiger partial charge in [0.2, 0.25) is 15.9 Å². The van der Waals surface area contributed by atoms with Crippen LogP contribution in [0.25, 0.3) is 0 Å². The SMILES string of the molecule is Cc1cc(S(=O)(=O)NCc2ccc(CN3CCCCC3)cc2)ccc1N1CCCC1=O. The minimum atomic E-state index is -3.63. The summed E-state index contributed by atoms with van der Waals surface area (Å²) in [6, 6.07) is 13.1. The lowest BCUT2D eigenvalue weighted by molar-refractivity contribution is -0.117. The van der Waals surface area contributed by atoms with Crippen LogP contribution >= 0.6 is 0 Å². The molecule has 2 aliphatic rings. The first kappa shape index (κ1) is 22.0. The molecule has 2 aromatic carbocycles. The zero-order valence-corrected chi connectivity index (χ0v) is 19.0. The number of rotatable bonds is 7. The van der Waals surface area contributed by atoms with E-state index < -0.39 is 10.0 Å². The normalized spacial score (nSPS) is 18.0. The number of carbonyl (C=O) groups is 1. The number of benzene rings is 2. The molecule has 0 radical (unpaired) electrons. The fourth-order valence-corrected chi connectivity index (χ4v) is 5.50. The Labute approximate surface area is 185 Å². The van der Waals surface area contributed by atoms with Crippen LogP contribution < -0.4 is 9.62 Å². The van der Waals surface area contributed by atoms with Crippen molar-refractivity contribution in [3.63, 3.8) is 0 Å². The molecule has 2 aliphatic heterocycles. The Hall–Kier alpha value is -2.22. The van der Waals surface area contributed by atoms with Crippen LogP contribution in [0.2, 0.25) is 0 Å². The second kappa shape index (κ2) is 9.51. The molecular formula is C24H31N3O3S. The lowest BCUT2D eigenvalue weighted by Crippen LogP contribution is -2.29. The van der Waals surface area contributed by atoms with E-state index in [4.69, 9.17) is 0 Å². The van der Waals surface area contributed by atoms with Crippen molar-refractivity contribution in [3.8, 4) is 0 Å². The number of aryl methyl sites for hydroxylation is 1. The lowest BCUT2D eigenvalue weighted by atomic mass is 10.1. The molecule has 1 N–H and O–H groups in total. The van der Waals surface area contributed by atoms with E-state index in [0.29, 0.717) is 13.0 Å². The molecule has 4 rings (SSSR count). The lowest BCUT2D eigenvalue weighted by Gasteiger charge is -2.26. The summed E-state index contributed by atoms with van der Waals surface area (Å²) in [5, 5.41) is 0. The van der Waals surface area contributed by atoms with E-state index >= 15 is 0 Å². The maximum atomic E-state index is 12.8. The summed E-state index contributed by atoms with van der Waals surface area (Å²) in [7, 11) is -3.63. The second-order valence-corrected chi connectivity index (χ2v) is 10.3. The number of likely N-dealkylation sites (tertiary alicyclic amines) is 1. The van der Waals surface area contributed by atoms with Crippen molar-refractivity contribution >= 4 is 21.6 Å². The van der Waals surface area contributed by atoms with Crippen LogP contribution in [0.1, 0.15) is 48.8 Å². The van der Waals surface area contributed by atoms with Gasteiger partial charge in [-0.15, -0.1) is 0 Å². The fourth-order valence-electron chi connectivity index (χ4n) is 4.40. The third kappa shape index (κ3) is 5.34. The van der Waals surface area contributed by atoms with Crippen LogP contribution in [0.3, 0.4) is 0 Å². The Bertz CT molecular complexity index is 1030. The van der Waals surface area contributed by atoms with E-state index in [0.717, 1.165) is 42.9 Å². The Kier molecular flexibility index (Phi) is 6.74. The number of carbonyl (C=O) groups excluding carboxylic acids is 1. The highest BCUT2D eigenvalue weighted by molar-refractivity contribution is 7.89. The average Bonchev–Trinajstić information content (AvgIpc) is 3.19. The molecular weight excluding hydrogens is 410 g/mol. The van der Waals surface area contributed by atoms with Crippen LogP contribution in [0, 0.1) is 6.92 Å². The highest BCUT2D eigenvalue weighted by Crippen LogP contribution is 2.27. The zero-order valence-electron chi connectivity index (χ0n) is 18.1. The van der Waals surface area contributed by atoms with Gasteiger partial charge in [0.25, 0.3) is 0 Å². The standard InChI is InChI=1S/C24H31N3O3S/c1-19-16-22(11-12-23(19)27-15-5-6-24(27)28)31(29,30)25-17-20-7-9-21(10-8-20)18-26-13-3-2-4-14-26/h7-12,16,25H,2-6,13-15,17-18H2,1H3. The Morgan fingerprint density at radius 3 is 2.26 bits per heavy atom. The molecule has 6 nitrogen and oxygen atoms in total. The molecule has 0 unspecified atom stereocenters. The van der Waals surface area contributed by atoms with E-state index in [9.17, 15) is 13.2 Å². The summed E-state index contributed by atoms with van der Waals surface area (Å²) in [5.74, 6) is 0.0977. The minimum Gasteiger partial charge on any atom is -0.312 e. The van der Waals surface area contributed by atoms with Gasteiger partial charge in [0, 0.05) is 31.7 Å². The Balaban J connectivity index is 1.37. The molecule has 31 heavy (non-hydrogen) atoms. The second-order valence-electron chi connectivity index (χ2n) is 8.58. The number of nitrogens with zero attached hydrogens (tertiary/aromatic N) is 2. The molecule has 1 amide bonds. The number of nitrogens with one attached hydrogen (secondary N) is 1. The van der Waals surface area contributed by atoms with E-state index in [2.05, 4.69) is 21.8 Å². The molecule has 166 valence electrons. The molecule has 0 atom stereocenters. The first-order valence-electron chi connectivity index (χ1n) is 11.1. The van der Waals surface area contributed by atoms with Gasteiger partial charge in [-0.2, -0.15) is 0 Å². The number of anilines is 1. The van der Waals surface area contributed by atoms with Crippen LogP contribution in [0.15, 0.2) is 47.4 Å². The van der Waals surface area contributed by atoms with Gasteiger partial charge < -0.3 is 4.90 Å². The Morgan fingerprint density at radius 2 is 1.61 bits per heavy atom. The Morgan fingerprint density at radius 1 is 0.903 bits per heavy atom. The van der Waals surface area contributed by atoms with Crippen molar-refractivity contribution in [2.75, 3.05) is 24.5 Å². The maximum Gasteiger partial charge on any atom is 0.240 e. The number of piperidine rings is 1. The van der Waals surface area contributed by atoms with Gasteiger partial charge in [0.05, 0.1) is 4.90 Å². The van der Waals surface area contributed by atoms with Crippen LogP contribution in [-0.2, 0) is 27.9 Å². The van der Waals surface area contributed by atoms with Crippen LogP contribution in [0.4, 0.5) is 5.69 Å². The largest absolute Gasteiger partial charge is 0.312 e. The summed E-state index contributed by atoms with van der Waals surface area (Å²) in [5.41, 5.74) is 3.78. The molecule has 0 aromatic heterocycles. The van der Waals surface area contributed by atoms with E-state index in [1.807, 2.05) is 19.1 Å². The third-order valence-corrected chi connectivity index (χ3v) is 7.59. The number of sulfonamides is 1. The molecule has 2 saturated heterocycles. The van der Waals surface area contributed by atoms with Gasteiger partial charge in [-0.25, -0.2) is 13.1 Å². The first-order chi connectivity index (χ1) is 14.9. The van der Waals surface area contributed by atoms with Gasteiger partial charge in [-0.1, -0.05) is 30.7 Å². The number of amides is 1. The van der Waals surface area contributed by atoms with E-state index in [1.165, 1.54) is 24.8 Å². The third-order valence-electron chi connectivity index (χ3n) is 6.19. The van der Waals surface area contributed by atoms with Gasteiger partial charge in [-0.05, 0) is 74.2 Å². The van der Waals surface area contributed by atoms with Crippen molar-refractivity contribution in [2.45, 2.75) is 57.0 Å². The minimum absolute atomic E-state index is 0.0977. The molecule has 0 aliphatic carbocycles. The van der Waals surface area contributed by atoms with Gasteiger partial charge in [0.1, 0.15) is 0 Å². The predicted molar refractivity (Wildman–Crippen MR) is 122 cm³/mol. The highest BCUT2D eigenvalue weighted by Gasteiger charge is 2.24. The van der Waals surface area contributed by atoms with Crippen LogP contribution in [-0.4, -0.2) is 38.9 Å². The molecule has 2 heterocycles. The summed E-state index contributed by atoms with van der Waals surface area (Å²) in [6.07, 6.45) is 5.27. The zero-order chi connectivity index (χ0) is 21.8. The average molecular weight is 442 g/mol. The van der Waals surface area contributed by atoms with Crippen molar-refractivity contribution in [2.24, 2.45) is 0 Å². The molecule has 0 bridgehead atoms. The van der Waals surface area contributed by atoms with Crippen molar-refractivity contribution in [3.05, 3.63) is 59.2 Å². The smallest absolute Gasteiger partial charge is 0.240 e. The van der Waals surface area contributed by atoms with Crippen LogP contribution in [0.5, 0.6) is 0 Å². The molecule has 2 fully saturated rings. The molecule has 7 heteroatoms. The molecule has 2 aromatic rings. The van der Waals surface area contributed by atoms with Crippen molar-refractivity contribution < 1.29 is 13.2 Å². The number of hydrogen-bond donors (Lipinski definition) is 1. The molecule has 0 saturated carbocycles. The van der Waals surface area contributed by atoms with Gasteiger partial charge in [-0.3, -0.25) is 9.69 Å². The molecule has 0 spiro atoms. The van der Waals surface area contributed by atoms with Crippen molar-refractivity contribution in [1.29, 1.82) is 0 Å². The summed E-state index contributed by atoms with van der Waals surface area (Å²) in [4.78, 5) is 16.4. The van der Waals surface area contributed by atoms with E-state index in [1.54, 1.807) is 23.1 Å². The highest BCUT2D eigenvalue weighted by atomic mass is 32.2. The van der Waals surface area contributed by atoms with Gasteiger partial charge in [0.15, 0.2) is 0 Å². The fraction of sp³-hybridized carbons (Fsp3) is 0.458. The quantitative estimate of drug-likeness (QED) is 0.713.